The number of carbonyl (C=O) groups excluding carboxylic acids is 1. The molecular formula is C11H19NO4. The Bertz CT molecular complexity index is 264. The molecule has 0 unspecified atom stereocenters. The second-order valence-electron chi connectivity index (χ2n) is 4.38. The minimum Gasteiger partial charge on any atom is -0.444 e. The molecule has 92 valence electrons. The molecule has 0 aromatic carbocycles. The van der Waals surface area contributed by atoms with Gasteiger partial charge in [0.2, 0.25) is 0 Å². The van der Waals surface area contributed by atoms with Gasteiger partial charge in [-0.25, -0.2) is 4.79 Å². The molecule has 0 aromatic heterocycles. The molecule has 0 aliphatic rings. The normalized spacial score (nSPS) is 14.8. The third-order valence-corrected chi connectivity index (χ3v) is 1.69. The van der Waals surface area contributed by atoms with Gasteiger partial charge in [0.05, 0.1) is 6.04 Å². The first-order valence-electron chi connectivity index (χ1n) is 5.04. The summed E-state index contributed by atoms with van der Waals surface area (Å²) in [6, 6.07) is -0.704. The van der Waals surface area contributed by atoms with Gasteiger partial charge in [-0.15, -0.1) is 6.42 Å². The van der Waals surface area contributed by atoms with Gasteiger partial charge in [-0.3, -0.25) is 0 Å². The molecule has 2 atom stereocenters. The summed E-state index contributed by atoms with van der Waals surface area (Å²) in [5, 5.41) is 20.5. The van der Waals surface area contributed by atoms with Crippen molar-refractivity contribution < 1.29 is 19.7 Å². The molecule has 5 heteroatoms. The molecule has 5 nitrogen and oxygen atoms in total. The third-order valence-electron chi connectivity index (χ3n) is 1.69. The van der Waals surface area contributed by atoms with E-state index < -0.39 is 23.8 Å². The summed E-state index contributed by atoms with van der Waals surface area (Å²) in [7, 11) is 0. The maximum atomic E-state index is 11.4. The van der Waals surface area contributed by atoms with Crippen molar-refractivity contribution in [2.45, 2.75) is 44.9 Å². The summed E-state index contributed by atoms with van der Waals surface area (Å²) in [5.74, 6) is 2.09. The standard InChI is InChI=1S/C11H19NO4/c1-5-9(14)8(6-7-13)12-10(15)16-11(2,3)4/h1,8-9,13-14H,6-7H2,2-4H3,(H,12,15)/t8-,9+/m0/s1. The summed E-state index contributed by atoms with van der Waals surface area (Å²) in [5.41, 5.74) is -0.616. The van der Waals surface area contributed by atoms with Gasteiger partial charge in [0.25, 0.3) is 0 Å². The van der Waals surface area contributed by atoms with E-state index in [1.54, 1.807) is 20.8 Å². The summed E-state index contributed by atoms with van der Waals surface area (Å²) in [4.78, 5) is 11.4. The molecule has 0 fully saturated rings. The number of ether oxygens (including phenoxy) is 1. The number of amides is 1. The Kier molecular flexibility index (Phi) is 5.86. The highest BCUT2D eigenvalue weighted by Crippen LogP contribution is 2.08. The van der Waals surface area contributed by atoms with Gasteiger partial charge in [-0.1, -0.05) is 5.92 Å². The summed E-state index contributed by atoms with van der Waals surface area (Å²) < 4.78 is 5.00. The van der Waals surface area contributed by atoms with E-state index in [0.717, 1.165) is 0 Å². The highest BCUT2D eigenvalue weighted by molar-refractivity contribution is 5.68. The highest BCUT2D eigenvalue weighted by Gasteiger charge is 2.22. The lowest BCUT2D eigenvalue weighted by Crippen LogP contribution is -2.45. The first kappa shape index (κ1) is 14.8. The van der Waals surface area contributed by atoms with Gasteiger partial charge < -0.3 is 20.3 Å². The zero-order valence-corrected chi connectivity index (χ0v) is 9.86. The van der Waals surface area contributed by atoms with Gasteiger partial charge in [0.1, 0.15) is 11.7 Å². The predicted octanol–water partition coefficient (Wildman–Crippen LogP) is 0.256. The quantitative estimate of drug-likeness (QED) is 0.604. The van der Waals surface area contributed by atoms with Gasteiger partial charge in [0, 0.05) is 6.61 Å². The van der Waals surface area contributed by atoms with E-state index in [1.165, 1.54) is 0 Å². The Hall–Kier alpha value is -1.25. The average Bonchev–Trinajstić information content (AvgIpc) is 2.13. The fourth-order valence-electron chi connectivity index (χ4n) is 1.02. The molecule has 16 heavy (non-hydrogen) atoms. The summed E-state index contributed by atoms with van der Waals surface area (Å²) in [6.45, 7) is 5.00. The smallest absolute Gasteiger partial charge is 0.407 e. The number of carbonyl (C=O) groups is 1. The molecule has 3 N–H and O–H groups in total. The van der Waals surface area contributed by atoms with E-state index >= 15 is 0 Å². The lowest BCUT2D eigenvalue weighted by Gasteiger charge is -2.24. The van der Waals surface area contributed by atoms with Crippen molar-refractivity contribution >= 4 is 6.09 Å². The van der Waals surface area contributed by atoms with Crippen LogP contribution in [0.3, 0.4) is 0 Å². The van der Waals surface area contributed by atoms with Crippen molar-refractivity contribution in [1.82, 2.24) is 5.32 Å². The first-order chi connectivity index (χ1) is 7.30. The van der Waals surface area contributed by atoms with Crippen LogP contribution >= 0.6 is 0 Å². The maximum absolute atomic E-state index is 11.4. The number of rotatable bonds is 4. The van der Waals surface area contributed by atoms with Crippen LogP contribution in [0.1, 0.15) is 27.2 Å². The zero-order chi connectivity index (χ0) is 12.8. The minimum atomic E-state index is -1.14. The summed E-state index contributed by atoms with van der Waals surface area (Å²) >= 11 is 0. The van der Waals surface area contributed by atoms with Gasteiger partial charge >= 0.3 is 6.09 Å². The lowest BCUT2D eigenvalue weighted by atomic mass is 10.1. The number of nitrogens with one attached hydrogen (secondary N) is 1. The van der Waals surface area contributed by atoms with Crippen LogP contribution in [0, 0.1) is 12.3 Å². The second kappa shape index (κ2) is 6.36. The molecule has 1 amide bonds. The Morgan fingerprint density at radius 3 is 2.50 bits per heavy atom. The lowest BCUT2D eigenvalue weighted by molar-refractivity contribution is 0.0444. The third kappa shape index (κ3) is 6.27. The molecule has 0 saturated carbocycles. The molecule has 0 radical (unpaired) electrons. The van der Waals surface area contributed by atoms with Crippen LogP contribution in [-0.2, 0) is 4.74 Å². The van der Waals surface area contributed by atoms with Crippen LogP contribution in [0.5, 0.6) is 0 Å². The van der Waals surface area contributed by atoms with Gasteiger partial charge in [-0.05, 0) is 27.2 Å². The molecule has 0 bridgehead atoms. The van der Waals surface area contributed by atoms with Crippen molar-refractivity contribution in [3.05, 3.63) is 0 Å². The molecule has 0 aromatic rings. The fourth-order valence-corrected chi connectivity index (χ4v) is 1.02. The van der Waals surface area contributed by atoms with Gasteiger partial charge in [-0.2, -0.15) is 0 Å². The molecule has 0 rings (SSSR count). The number of aliphatic hydroxyl groups excluding tert-OH is 2. The molecular weight excluding hydrogens is 210 g/mol. The Labute approximate surface area is 95.8 Å². The van der Waals surface area contributed by atoms with Crippen molar-refractivity contribution in [3.8, 4) is 12.3 Å². The maximum Gasteiger partial charge on any atom is 0.407 e. The number of aliphatic hydroxyl groups is 2. The van der Waals surface area contributed by atoms with E-state index in [4.69, 9.17) is 16.3 Å². The molecule has 0 heterocycles. The Morgan fingerprint density at radius 1 is 1.56 bits per heavy atom. The number of hydrogen-bond acceptors (Lipinski definition) is 4. The number of terminal acetylenes is 1. The Balaban J connectivity index is 4.30. The van der Waals surface area contributed by atoms with Crippen LogP contribution in [0.4, 0.5) is 4.79 Å². The van der Waals surface area contributed by atoms with Crippen LogP contribution in [0.25, 0.3) is 0 Å². The van der Waals surface area contributed by atoms with Crippen molar-refractivity contribution in [3.63, 3.8) is 0 Å². The first-order valence-corrected chi connectivity index (χ1v) is 5.04. The molecule has 0 saturated heterocycles. The predicted molar refractivity (Wildman–Crippen MR) is 59.7 cm³/mol. The van der Waals surface area contributed by atoms with Crippen molar-refractivity contribution in [2.24, 2.45) is 0 Å². The Morgan fingerprint density at radius 2 is 2.12 bits per heavy atom. The number of alkyl carbamates (subject to hydrolysis) is 1. The molecule has 0 aliphatic heterocycles. The van der Waals surface area contributed by atoms with E-state index in [0.29, 0.717) is 0 Å². The second-order valence-corrected chi connectivity index (χ2v) is 4.38. The highest BCUT2D eigenvalue weighted by atomic mass is 16.6. The molecule has 0 spiro atoms. The average molecular weight is 229 g/mol. The van der Waals surface area contributed by atoms with Crippen LogP contribution in [0.15, 0.2) is 0 Å². The van der Waals surface area contributed by atoms with Crippen molar-refractivity contribution in [1.29, 1.82) is 0 Å². The van der Waals surface area contributed by atoms with Crippen LogP contribution < -0.4 is 5.32 Å². The fraction of sp³-hybridized carbons (Fsp3) is 0.727. The van der Waals surface area contributed by atoms with Crippen LogP contribution in [0.2, 0.25) is 0 Å². The zero-order valence-electron chi connectivity index (χ0n) is 9.86. The largest absolute Gasteiger partial charge is 0.444 e. The van der Waals surface area contributed by atoms with E-state index in [9.17, 15) is 9.90 Å². The molecule has 0 aliphatic carbocycles. The van der Waals surface area contributed by atoms with Crippen LogP contribution in [-0.4, -0.2) is 40.7 Å². The summed E-state index contributed by atoms with van der Waals surface area (Å²) in [6.07, 6.45) is 3.40. The van der Waals surface area contributed by atoms with Crippen molar-refractivity contribution in [2.75, 3.05) is 6.61 Å². The van der Waals surface area contributed by atoms with E-state index in [2.05, 4.69) is 11.2 Å². The van der Waals surface area contributed by atoms with Gasteiger partial charge in [0.15, 0.2) is 0 Å². The topological polar surface area (TPSA) is 78.8 Å². The van der Waals surface area contributed by atoms with E-state index in [-0.39, 0.29) is 13.0 Å². The monoisotopic (exact) mass is 229 g/mol. The number of hydrogen-bond donors (Lipinski definition) is 3. The van der Waals surface area contributed by atoms with E-state index in [1.807, 2.05) is 0 Å². The SMILES string of the molecule is C#C[C@@H](O)[C@H](CCO)NC(=O)OC(C)(C)C. The minimum absolute atomic E-state index is 0.171.